The van der Waals surface area contributed by atoms with Crippen LogP contribution >= 0.6 is 0 Å². The van der Waals surface area contributed by atoms with Crippen molar-refractivity contribution >= 4 is 11.9 Å². The number of carbonyl (C=O) groups excluding carboxylic acids is 2. The van der Waals surface area contributed by atoms with Gasteiger partial charge in [-0.3, -0.25) is 9.69 Å². The Morgan fingerprint density at radius 3 is 2.62 bits per heavy atom. The van der Waals surface area contributed by atoms with Gasteiger partial charge in [0, 0.05) is 6.54 Å². The van der Waals surface area contributed by atoms with E-state index in [0.717, 1.165) is 17.7 Å². The van der Waals surface area contributed by atoms with Gasteiger partial charge in [-0.2, -0.15) is 0 Å². The lowest BCUT2D eigenvalue weighted by Gasteiger charge is -2.20. The summed E-state index contributed by atoms with van der Waals surface area (Å²) in [5.41, 5.74) is 4.58. The lowest BCUT2D eigenvalue weighted by atomic mass is 9.98. The molecule has 0 aromatic heterocycles. The Morgan fingerprint density at radius 1 is 1.44 bits per heavy atom. The van der Waals surface area contributed by atoms with Crippen molar-refractivity contribution in [1.29, 1.82) is 0 Å². The van der Waals surface area contributed by atoms with Gasteiger partial charge in [0.15, 0.2) is 0 Å². The Labute approximate surface area is 93.8 Å². The van der Waals surface area contributed by atoms with Crippen molar-refractivity contribution in [3.63, 3.8) is 0 Å². The number of nitrogens with zero attached hydrogens (tertiary/aromatic N) is 1. The molecule has 4 N–H and O–H groups in total. The Hall–Kier alpha value is -1.14. The summed E-state index contributed by atoms with van der Waals surface area (Å²) in [5.74, 6) is -0.206. The van der Waals surface area contributed by atoms with E-state index >= 15 is 0 Å². The zero-order chi connectivity index (χ0) is 11.8. The normalized spacial score (nSPS) is 25.2. The third kappa shape index (κ3) is 1.68. The molecular weight excluding hydrogens is 210 g/mol. The number of aliphatic hydroxyl groups excluding tert-OH is 1. The second-order valence-corrected chi connectivity index (χ2v) is 4.52. The maximum absolute atomic E-state index is 12.1. The van der Waals surface area contributed by atoms with Gasteiger partial charge in [-0.05, 0) is 12.8 Å². The summed E-state index contributed by atoms with van der Waals surface area (Å²) in [4.78, 5) is 24.8. The number of rotatable bonds is 3. The van der Waals surface area contributed by atoms with Gasteiger partial charge in [-0.1, -0.05) is 12.8 Å². The zero-order valence-corrected chi connectivity index (χ0v) is 9.11. The highest BCUT2D eigenvalue weighted by atomic mass is 16.3. The van der Waals surface area contributed by atoms with Crippen LogP contribution in [0.5, 0.6) is 0 Å². The molecule has 2 rings (SSSR count). The maximum atomic E-state index is 12.1. The number of β-amino-alcohol motifs (C(OH)–C–C–N with tert-alkyl or cyclic N) is 1. The molecule has 1 saturated carbocycles. The predicted octanol–water partition coefficient (Wildman–Crippen LogP) is -0.829. The average molecular weight is 227 g/mol. The molecule has 1 spiro atoms. The quantitative estimate of drug-likeness (QED) is 0.548. The minimum Gasteiger partial charge on any atom is -0.390 e. The SMILES string of the molecule is NCC(O)CN1C(=O)NC2(CCCC2)C1=O. The molecule has 16 heavy (non-hydrogen) atoms. The maximum Gasteiger partial charge on any atom is 0.325 e. The molecule has 1 atom stereocenters. The number of carbonyl (C=O) groups is 2. The second-order valence-electron chi connectivity index (χ2n) is 4.52. The van der Waals surface area contributed by atoms with Crippen molar-refractivity contribution in [3.8, 4) is 0 Å². The number of urea groups is 1. The summed E-state index contributed by atoms with van der Waals surface area (Å²) in [5, 5.41) is 12.1. The van der Waals surface area contributed by atoms with E-state index in [1.54, 1.807) is 0 Å². The summed E-state index contributed by atoms with van der Waals surface area (Å²) in [7, 11) is 0. The number of aliphatic hydroxyl groups is 1. The van der Waals surface area contributed by atoms with E-state index in [-0.39, 0.29) is 19.0 Å². The molecular formula is C10H17N3O3. The Kier molecular flexibility index (Phi) is 2.86. The average Bonchev–Trinajstić information content (AvgIpc) is 2.81. The van der Waals surface area contributed by atoms with Gasteiger partial charge >= 0.3 is 6.03 Å². The molecule has 3 amide bonds. The van der Waals surface area contributed by atoms with Crippen LogP contribution in [0.15, 0.2) is 0 Å². The molecule has 0 radical (unpaired) electrons. The fourth-order valence-corrected chi connectivity index (χ4v) is 2.44. The second kappa shape index (κ2) is 4.03. The number of nitrogens with two attached hydrogens (primary N) is 1. The predicted molar refractivity (Wildman–Crippen MR) is 56.5 cm³/mol. The van der Waals surface area contributed by atoms with E-state index in [9.17, 15) is 14.7 Å². The number of amides is 3. The first-order valence-electron chi connectivity index (χ1n) is 5.61. The van der Waals surface area contributed by atoms with Crippen molar-refractivity contribution in [1.82, 2.24) is 10.2 Å². The van der Waals surface area contributed by atoms with Gasteiger partial charge in [-0.15, -0.1) is 0 Å². The fraction of sp³-hybridized carbons (Fsp3) is 0.800. The van der Waals surface area contributed by atoms with Crippen LogP contribution in [-0.2, 0) is 4.79 Å². The minimum absolute atomic E-state index is 0.0110. The van der Waals surface area contributed by atoms with Gasteiger partial charge in [0.2, 0.25) is 0 Å². The first-order valence-corrected chi connectivity index (χ1v) is 5.61. The van der Waals surface area contributed by atoms with E-state index in [0.29, 0.717) is 12.8 Å². The summed E-state index contributed by atoms with van der Waals surface area (Å²) >= 11 is 0. The smallest absolute Gasteiger partial charge is 0.325 e. The highest BCUT2D eigenvalue weighted by Crippen LogP contribution is 2.34. The van der Waals surface area contributed by atoms with Crippen LogP contribution in [0, 0.1) is 0 Å². The number of nitrogens with one attached hydrogen (secondary N) is 1. The van der Waals surface area contributed by atoms with Crippen LogP contribution in [0.4, 0.5) is 4.79 Å². The highest BCUT2D eigenvalue weighted by Gasteiger charge is 2.52. The van der Waals surface area contributed by atoms with Crippen molar-refractivity contribution in [3.05, 3.63) is 0 Å². The topological polar surface area (TPSA) is 95.7 Å². The minimum atomic E-state index is -0.841. The van der Waals surface area contributed by atoms with Crippen LogP contribution < -0.4 is 11.1 Å². The van der Waals surface area contributed by atoms with Crippen molar-refractivity contribution in [2.75, 3.05) is 13.1 Å². The van der Waals surface area contributed by atoms with E-state index in [1.165, 1.54) is 0 Å². The molecule has 90 valence electrons. The lowest BCUT2D eigenvalue weighted by Crippen LogP contribution is -2.45. The van der Waals surface area contributed by atoms with Crippen LogP contribution in [0.2, 0.25) is 0 Å². The first kappa shape index (κ1) is 11.3. The van der Waals surface area contributed by atoms with Crippen LogP contribution in [0.3, 0.4) is 0 Å². The molecule has 2 fully saturated rings. The van der Waals surface area contributed by atoms with Crippen molar-refractivity contribution in [2.45, 2.75) is 37.3 Å². The van der Waals surface area contributed by atoms with Gasteiger partial charge in [-0.25, -0.2) is 4.79 Å². The van der Waals surface area contributed by atoms with Gasteiger partial charge in [0.25, 0.3) is 5.91 Å². The third-order valence-corrected chi connectivity index (χ3v) is 3.37. The van der Waals surface area contributed by atoms with E-state index in [2.05, 4.69) is 5.32 Å². The van der Waals surface area contributed by atoms with Crippen LogP contribution in [-0.4, -0.2) is 46.7 Å². The Morgan fingerprint density at radius 2 is 2.06 bits per heavy atom. The first-order chi connectivity index (χ1) is 7.59. The summed E-state index contributed by atoms with van der Waals surface area (Å²) < 4.78 is 0. The molecule has 0 aromatic rings. The lowest BCUT2D eigenvalue weighted by molar-refractivity contribution is -0.132. The van der Waals surface area contributed by atoms with Crippen molar-refractivity contribution in [2.24, 2.45) is 5.73 Å². The van der Waals surface area contributed by atoms with Crippen molar-refractivity contribution < 1.29 is 14.7 Å². The molecule has 2 aliphatic rings. The molecule has 0 aromatic carbocycles. The monoisotopic (exact) mass is 227 g/mol. The van der Waals surface area contributed by atoms with Gasteiger partial charge in [0.05, 0.1) is 12.6 Å². The largest absolute Gasteiger partial charge is 0.390 e. The number of hydrogen-bond acceptors (Lipinski definition) is 4. The van der Waals surface area contributed by atoms with E-state index in [1.807, 2.05) is 0 Å². The Balaban J connectivity index is 2.10. The van der Waals surface area contributed by atoms with Crippen LogP contribution in [0.25, 0.3) is 0 Å². The summed E-state index contributed by atoms with van der Waals surface area (Å²) in [6, 6.07) is -0.403. The van der Waals surface area contributed by atoms with Gasteiger partial charge in [0.1, 0.15) is 5.54 Å². The molecule has 1 unspecified atom stereocenters. The van der Waals surface area contributed by atoms with Crippen LogP contribution in [0.1, 0.15) is 25.7 Å². The van der Waals surface area contributed by atoms with Gasteiger partial charge < -0.3 is 16.2 Å². The molecule has 1 saturated heterocycles. The fourth-order valence-electron chi connectivity index (χ4n) is 2.44. The van der Waals surface area contributed by atoms with E-state index < -0.39 is 17.7 Å². The molecule has 1 heterocycles. The number of imide groups is 1. The highest BCUT2D eigenvalue weighted by molar-refractivity contribution is 6.07. The number of hydrogen-bond donors (Lipinski definition) is 3. The molecule has 1 aliphatic heterocycles. The summed E-state index contributed by atoms with van der Waals surface area (Å²) in [6.07, 6.45) is 2.48. The molecule has 6 nitrogen and oxygen atoms in total. The third-order valence-electron chi connectivity index (χ3n) is 3.37. The standard InChI is InChI=1S/C10H17N3O3/c11-5-7(14)6-13-8(15)10(12-9(13)16)3-1-2-4-10/h7,14H,1-6,11H2,(H,12,16). The Bertz CT molecular complexity index is 312. The van der Waals surface area contributed by atoms with E-state index in [4.69, 9.17) is 5.73 Å². The zero-order valence-electron chi connectivity index (χ0n) is 9.11. The molecule has 1 aliphatic carbocycles. The molecule has 0 bridgehead atoms. The summed E-state index contributed by atoms with van der Waals surface area (Å²) in [6.45, 7) is 0.0347. The molecule has 6 heteroatoms.